The third kappa shape index (κ3) is 6.73. The van der Waals surface area contributed by atoms with Crippen LogP contribution in [0.3, 0.4) is 0 Å². The average molecular weight is 335 g/mol. The molecule has 0 saturated carbocycles. The lowest BCUT2D eigenvalue weighted by atomic mass is 10.2. The maximum atomic E-state index is 11.7. The zero-order valence-electron chi connectivity index (χ0n) is 14.4. The standard InChI is InChI=1S/C18H25NO5/c1-4-6-11-24-15-9-7-14(12-16(15)23-5-2)8-10-17(20)19-13(3)18(21)22/h7-10,12-13H,4-6,11H2,1-3H3,(H,19,20)(H,21,22)/b10-8+. The van der Waals surface area contributed by atoms with E-state index < -0.39 is 17.9 Å². The highest BCUT2D eigenvalue weighted by molar-refractivity contribution is 5.94. The summed E-state index contributed by atoms with van der Waals surface area (Å²) in [6, 6.07) is 4.47. The Morgan fingerprint density at radius 3 is 2.62 bits per heavy atom. The Morgan fingerprint density at radius 2 is 2.00 bits per heavy atom. The molecule has 24 heavy (non-hydrogen) atoms. The topological polar surface area (TPSA) is 84.9 Å². The van der Waals surface area contributed by atoms with Gasteiger partial charge in [0.25, 0.3) is 0 Å². The number of rotatable bonds is 10. The molecule has 132 valence electrons. The third-order valence-electron chi connectivity index (χ3n) is 3.18. The molecule has 0 radical (unpaired) electrons. The first-order chi connectivity index (χ1) is 11.5. The first-order valence-corrected chi connectivity index (χ1v) is 8.09. The number of aliphatic carboxylic acids is 1. The van der Waals surface area contributed by atoms with E-state index >= 15 is 0 Å². The maximum Gasteiger partial charge on any atom is 0.325 e. The van der Waals surface area contributed by atoms with Crippen molar-refractivity contribution in [3.8, 4) is 11.5 Å². The van der Waals surface area contributed by atoms with Crippen LogP contribution < -0.4 is 14.8 Å². The SMILES string of the molecule is CCCCOc1ccc(/C=C/C(=O)NC(C)C(=O)O)cc1OCC. The molecular formula is C18H25NO5. The van der Waals surface area contributed by atoms with Crippen molar-refractivity contribution < 1.29 is 24.2 Å². The molecule has 0 fully saturated rings. The minimum Gasteiger partial charge on any atom is -0.490 e. The molecule has 1 aromatic rings. The van der Waals surface area contributed by atoms with E-state index in [0.717, 1.165) is 18.4 Å². The van der Waals surface area contributed by atoms with Gasteiger partial charge in [0.05, 0.1) is 13.2 Å². The lowest BCUT2D eigenvalue weighted by Crippen LogP contribution is -2.37. The third-order valence-corrected chi connectivity index (χ3v) is 3.18. The van der Waals surface area contributed by atoms with Crippen LogP contribution in [0.4, 0.5) is 0 Å². The summed E-state index contributed by atoms with van der Waals surface area (Å²) in [7, 11) is 0. The molecule has 0 heterocycles. The normalized spacial score (nSPS) is 12.0. The van der Waals surface area contributed by atoms with Gasteiger partial charge in [0.2, 0.25) is 5.91 Å². The fraction of sp³-hybridized carbons (Fsp3) is 0.444. The van der Waals surface area contributed by atoms with E-state index in [2.05, 4.69) is 12.2 Å². The van der Waals surface area contributed by atoms with Gasteiger partial charge < -0.3 is 19.9 Å². The van der Waals surface area contributed by atoms with Crippen molar-refractivity contribution in [3.63, 3.8) is 0 Å². The van der Waals surface area contributed by atoms with Gasteiger partial charge in [-0.05, 0) is 44.0 Å². The largest absolute Gasteiger partial charge is 0.490 e. The number of hydrogen-bond donors (Lipinski definition) is 2. The second-order valence-corrected chi connectivity index (χ2v) is 5.24. The fourth-order valence-electron chi connectivity index (χ4n) is 1.84. The predicted molar refractivity (Wildman–Crippen MR) is 92.3 cm³/mol. The summed E-state index contributed by atoms with van der Waals surface area (Å²) in [5.74, 6) is -0.253. The van der Waals surface area contributed by atoms with Crippen molar-refractivity contribution in [1.82, 2.24) is 5.32 Å². The van der Waals surface area contributed by atoms with Crippen molar-refractivity contribution in [2.24, 2.45) is 0 Å². The van der Waals surface area contributed by atoms with Crippen molar-refractivity contribution in [3.05, 3.63) is 29.8 Å². The Labute approximate surface area is 142 Å². The van der Waals surface area contributed by atoms with E-state index in [4.69, 9.17) is 14.6 Å². The van der Waals surface area contributed by atoms with Gasteiger partial charge >= 0.3 is 5.97 Å². The lowest BCUT2D eigenvalue weighted by Gasteiger charge is -2.12. The van der Waals surface area contributed by atoms with Crippen LogP contribution >= 0.6 is 0 Å². The van der Waals surface area contributed by atoms with Crippen molar-refractivity contribution in [2.45, 2.75) is 39.7 Å². The number of carbonyl (C=O) groups excluding carboxylic acids is 1. The van der Waals surface area contributed by atoms with Gasteiger partial charge in [0.1, 0.15) is 6.04 Å². The number of nitrogens with one attached hydrogen (secondary N) is 1. The molecule has 1 unspecified atom stereocenters. The van der Waals surface area contributed by atoms with E-state index in [1.165, 1.54) is 13.0 Å². The smallest absolute Gasteiger partial charge is 0.325 e. The predicted octanol–water partition coefficient (Wildman–Crippen LogP) is 2.87. The highest BCUT2D eigenvalue weighted by Gasteiger charge is 2.12. The number of unbranched alkanes of at least 4 members (excludes halogenated alkanes) is 1. The number of carbonyl (C=O) groups is 2. The van der Waals surface area contributed by atoms with Crippen molar-refractivity contribution >= 4 is 18.0 Å². The fourth-order valence-corrected chi connectivity index (χ4v) is 1.84. The Kier molecular flexibility index (Phi) is 8.39. The number of amides is 1. The van der Waals surface area contributed by atoms with E-state index in [9.17, 15) is 9.59 Å². The monoisotopic (exact) mass is 335 g/mol. The van der Waals surface area contributed by atoms with Gasteiger partial charge in [-0.25, -0.2) is 0 Å². The minimum absolute atomic E-state index is 0.467. The summed E-state index contributed by atoms with van der Waals surface area (Å²) in [6.07, 6.45) is 4.91. The Bertz CT molecular complexity index is 583. The molecule has 6 nitrogen and oxygen atoms in total. The molecule has 1 rings (SSSR count). The molecule has 0 aliphatic carbocycles. The Hall–Kier alpha value is -2.50. The van der Waals surface area contributed by atoms with Crippen LogP contribution in [0.15, 0.2) is 24.3 Å². The molecule has 0 aromatic heterocycles. The maximum absolute atomic E-state index is 11.7. The minimum atomic E-state index is -1.08. The van der Waals surface area contributed by atoms with Crippen LogP contribution in [0.25, 0.3) is 6.08 Å². The van der Waals surface area contributed by atoms with Crippen LogP contribution in [-0.2, 0) is 9.59 Å². The highest BCUT2D eigenvalue weighted by Crippen LogP contribution is 2.29. The van der Waals surface area contributed by atoms with Crippen LogP contribution in [-0.4, -0.2) is 36.2 Å². The molecule has 1 aromatic carbocycles. The molecule has 0 saturated heterocycles. The highest BCUT2D eigenvalue weighted by atomic mass is 16.5. The number of carboxylic acids is 1. The molecule has 6 heteroatoms. The number of benzene rings is 1. The molecule has 1 atom stereocenters. The van der Waals surface area contributed by atoms with Gasteiger partial charge in [-0.3, -0.25) is 9.59 Å². The van der Waals surface area contributed by atoms with Crippen LogP contribution in [0.1, 0.15) is 39.2 Å². The Morgan fingerprint density at radius 1 is 1.25 bits per heavy atom. The van der Waals surface area contributed by atoms with Crippen LogP contribution in [0.5, 0.6) is 11.5 Å². The molecule has 2 N–H and O–H groups in total. The summed E-state index contributed by atoms with van der Waals surface area (Å²) in [5, 5.41) is 11.1. The number of ether oxygens (including phenoxy) is 2. The van der Waals surface area contributed by atoms with Gasteiger partial charge in [-0.1, -0.05) is 19.4 Å². The van der Waals surface area contributed by atoms with Crippen molar-refractivity contribution in [1.29, 1.82) is 0 Å². The average Bonchev–Trinajstić information content (AvgIpc) is 2.55. The summed E-state index contributed by atoms with van der Waals surface area (Å²) in [5.41, 5.74) is 0.763. The van der Waals surface area contributed by atoms with Crippen LogP contribution in [0.2, 0.25) is 0 Å². The van der Waals surface area contributed by atoms with Crippen LogP contribution in [0, 0.1) is 0 Å². The quantitative estimate of drug-likeness (QED) is 0.507. The molecular weight excluding hydrogens is 310 g/mol. The molecule has 0 aliphatic heterocycles. The van der Waals surface area contributed by atoms with Gasteiger partial charge in [-0.2, -0.15) is 0 Å². The van der Waals surface area contributed by atoms with Gasteiger partial charge in [0.15, 0.2) is 11.5 Å². The van der Waals surface area contributed by atoms with Crippen molar-refractivity contribution in [2.75, 3.05) is 13.2 Å². The molecule has 1 amide bonds. The summed E-state index contributed by atoms with van der Waals surface area (Å²) in [4.78, 5) is 22.4. The van der Waals surface area contributed by atoms with E-state index in [0.29, 0.717) is 24.7 Å². The summed E-state index contributed by atoms with van der Waals surface area (Å²) < 4.78 is 11.3. The zero-order valence-corrected chi connectivity index (χ0v) is 14.4. The second-order valence-electron chi connectivity index (χ2n) is 5.24. The zero-order chi connectivity index (χ0) is 17.9. The van der Waals surface area contributed by atoms with E-state index in [-0.39, 0.29) is 0 Å². The second kappa shape index (κ2) is 10.3. The Balaban J connectivity index is 2.77. The van der Waals surface area contributed by atoms with Gasteiger partial charge in [-0.15, -0.1) is 0 Å². The van der Waals surface area contributed by atoms with E-state index in [1.807, 2.05) is 13.0 Å². The molecule has 0 spiro atoms. The first-order valence-electron chi connectivity index (χ1n) is 8.09. The summed E-state index contributed by atoms with van der Waals surface area (Å²) in [6.45, 7) is 6.52. The van der Waals surface area contributed by atoms with Gasteiger partial charge in [0, 0.05) is 6.08 Å². The first kappa shape index (κ1) is 19.5. The number of hydrogen-bond acceptors (Lipinski definition) is 4. The molecule has 0 bridgehead atoms. The summed E-state index contributed by atoms with van der Waals surface area (Å²) >= 11 is 0. The number of carboxylic acid groups (broad SMARTS) is 1. The van der Waals surface area contributed by atoms with E-state index in [1.54, 1.807) is 18.2 Å². The lowest BCUT2D eigenvalue weighted by molar-refractivity contribution is -0.140. The molecule has 0 aliphatic rings.